The summed E-state index contributed by atoms with van der Waals surface area (Å²) in [6.45, 7) is 0. The lowest BCUT2D eigenvalue weighted by atomic mass is 9.96. The molecule has 0 atom stereocenters. The van der Waals surface area contributed by atoms with Gasteiger partial charge in [0.05, 0.1) is 4.90 Å². The number of nitrogens with zero attached hydrogens (tertiary/aromatic N) is 1. The fourth-order valence-electron chi connectivity index (χ4n) is 3.09. The summed E-state index contributed by atoms with van der Waals surface area (Å²) in [5.74, 6) is -0.360. The van der Waals surface area contributed by atoms with Gasteiger partial charge in [-0.05, 0) is 47.5 Å². The van der Waals surface area contributed by atoms with Gasteiger partial charge in [0, 0.05) is 22.4 Å². The fourth-order valence-corrected chi connectivity index (χ4v) is 3.85. The average Bonchev–Trinajstić information content (AvgIpc) is 3.11. The molecule has 1 heterocycles. The van der Waals surface area contributed by atoms with Crippen LogP contribution in [-0.2, 0) is 19.4 Å². The lowest BCUT2D eigenvalue weighted by Crippen LogP contribution is -2.06. The number of esters is 1. The van der Waals surface area contributed by atoms with E-state index in [1.54, 1.807) is 48.5 Å². The second-order valence-electron chi connectivity index (χ2n) is 6.70. The molecule has 7 heteroatoms. The zero-order valence-electron chi connectivity index (χ0n) is 15.9. The summed E-state index contributed by atoms with van der Waals surface area (Å²) < 4.78 is 29.0. The molecule has 0 unspecified atom stereocenters. The number of halogens is 1. The Labute approximate surface area is 179 Å². The quantitative estimate of drug-likeness (QED) is 0.444. The van der Waals surface area contributed by atoms with E-state index in [2.05, 4.69) is 4.99 Å². The molecule has 0 saturated heterocycles. The monoisotopic (exact) mass is 437 g/mol. The van der Waals surface area contributed by atoms with E-state index >= 15 is 0 Å². The van der Waals surface area contributed by atoms with E-state index in [1.807, 2.05) is 18.2 Å². The van der Waals surface area contributed by atoms with Crippen LogP contribution in [-0.4, -0.2) is 26.5 Å². The molecule has 0 N–H and O–H groups in total. The van der Waals surface area contributed by atoms with E-state index in [-0.39, 0.29) is 16.5 Å². The van der Waals surface area contributed by atoms with Gasteiger partial charge in [-0.25, -0.2) is 18.2 Å². The number of hydrogen-bond acceptors (Lipinski definition) is 5. The van der Waals surface area contributed by atoms with Gasteiger partial charge in [-0.2, -0.15) is 0 Å². The van der Waals surface area contributed by atoms with Crippen molar-refractivity contribution in [2.24, 2.45) is 4.99 Å². The molecule has 150 valence electrons. The molecule has 0 spiro atoms. The number of sulfone groups is 1. The van der Waals surface area contributed by atoms with Crippen molar-refractivity contribution in [1.82, 2.24) is 0 Å². The number of ether oxygens (including phenoxy) is 1. The third kappa shape index (κ3) is 4.06. The zero-order valence-corrected chi connectivity index (χ0v) is 17.4. The van der Waals surface area contributed by atoms with Crippen molar-refractivity contribution < 1.29 is 17.9 Å². The van der Waals surface area contributed by atoms with E-state index in [4.69, 9.17) is 16.3 Å². The largest absolute Gasteiger partial charge is 0.402 e. The van der Waals surface area contributed by atoms with Gasteiger partial charge in [0.2, 0.25) is 5.90 Å². The lowest BCUT2D eigenvalue weighted by Gasteiger charge is -2.10. The summed E-state index contributed by atoms with van der Waals surface area (Å²) in [5.41, 5.74) is 2.70. The van der Waals surface area contributed by atoms with Crippen LogP contribution in [0.1, 0.15) is 16.7 Å². The topological polar surface area (TPSA) is 72.8 Å². The van der Waals surface area contributed by atoms with Crippen molar-refractivity contribution in [3.8, 4) is 0 Å². The number of hydrogen-bond donors (Lipinski definition) is 0. The predicted molar refractivity (Wildman–Crippen MR) is 116 cm³/mol. The molecule has 0 aromatic heterocycles. The van der Waals surface area contributed by atoms with Gasteiger partial charge in [-0.1, -0.05) is 54.1 Å². The maximum atomic E-state index is 12.7. The maximum absolute atomic E-state index is 12.7. The first-order valence-electron chi connectivity index (χ1n) is 9.00. The second-order valence-corrected chi connectivity index (χ2v) is 9.15. The molecule has 0 bridgehead atoms. The molecule has 3 aromatic rings. The Morgan fingerprint density at radius 1 is 0.867 bits per heavy atom. The smallest absolute Gasteiger partial charge is 0.364 e. The molecule has 4 rings (SSSR count). The molecule has 3 aromatic carbocycles. The van der Waals surface area contributed by atoms with Crippen molar-refractivity contribution >= 4 is 38.9 Å². The summed E-state index contributed by atoms with van der Waals surface area (Å²) in [7, 11) is -3.34. The van der Waals surface area contributed by atoms with E-state index in [0.717, 1.165) is 6.26 Å². The van der Waals surface area contributed by atoms with E-state index < -0.39 is 15.8 Å². The van der Waals surface area contributed by atoms with Crippen LogP contribution in [0.25, 0.3) is 5.57 Å². The van der Waals surface area contributed by atoms with Gasteiger partial charge in [-0.15, -0.1) is 0 Å². The highest BCUT2D eigenvalue weighted by Crippen LogP contribution is 2.32. The molecule has 5 nitrogen and oxygen atoms in total. The minimum Gasteiger partial charge on any atom is -0.402 e. The van der Waals surface area contributed by atoms with Gasteiger partial charge in [-0.3, -0.25) is 0 Å². The molecular weight excluding hydrogens is 422 g/mol. The van der Waals surface area contributed by atoms with E-state index in [9.17, 15) is 13.2 Å². The molecule has 0 fully saturated rings. The predicted octanol–water partition coefficient (Wildman–Crippen LogP) is 4.51. The van der Waals surface area contributed by atoms with Gasteiger partial charge in [0.25, 0.3) is 0 Å². The normalized spacial score (nSPS) is 15.5. The highest BCUT2D eigenvalue weighted by molar-refractivity contribution is 7.90. The molecule has 1 aliphatic heterocycles. The van der Waals surface area contributed by atoms with Crippen LogP contribution in [0.3, 0.4) is 0 Å². The summed E-state index contributed by atoms with van der Waals surface area (Å²) in [5, 5.41) is 0.554. The molecule has 0 amide bonds. The first-order chi connectivity index (χ1) is 14.3. The SMILES string of the molecule is CS(=O)(=O)c1ccc(/C(=C2\N=C(c3ccccc3)OC2=O)c2ccc(Cl)cc2)cc1. The van der Waals surface area contributed by atoms with Crippen molar-refractivity contribution in [2.75, 3.05) is 6.26 Å². The Kier molecular flexibility index (Phi) is 5.28. The second kappa shape index (κ2) is 7.89. The summed E-state index contributed by atoms with van der Waals surface area (Å²) in [4.78, 5) is 17.4. The number of benzene rings is 3. The third-order valence-corrected chi connectivity index (χ3v) is 5.94. The third-order valence-electron chi connectivity index (χ3n) is 4.56. The van der Waals surface area contributed by atoms with Gasteiger partial charge >= 0.3 is 5.97 Å². The van der Waals surface area contributed by atoms with Crippen LogP contribution in [0, 0.1) is 0 Å². The standard InChI is InChI=1S/C23H16ClNO4S/c1-30(27,28)19-13-9-16(10-14-19)20(15-7-11-18(24)12-8-15)21-23(26)29-22(25-21)17-5-3-2-4-6-17/h2-14H,1H3/b21-20-. The van der Waals surface area contributed by atoms with Gasteiger partial charge < -0.3 is 4.74 Å². The molecule has 0 saturated carbocycles. The highest BCUT2D eigenvalue weighted by Gasteiger charge is 2.28. The Hall–Kier alpha value is -3.22. The van der Waals surface area contributed by atoms with Crippen LogP contribution < -0.4 is 0 Å². The van der Waals surface area contributed by atoms with Crippen molar-refractivity contribution in [2.45, 2.75) is 4.90 Å². The van der Waals surface area contributed by atoms with Gasteiger partial charge in [0.15, 0.2) is 15.5 Å². The lowest BCUT2D eigenvalue weighted by molar-refractivity contribution is -0.129. The fraction of sp³-hybridized carbons (Fsp3) is 0.0435. The Morgan fingerprint density at radius 2 is 1.43 bits per heavy atom. The first kappa shape index (κ1) is 20.1. The minimum atomic E-state index is -3.34. The van der Waals surface area contributed by atoms with Crippen LogP contribution >= 0.6 is 11.6 Å². The number of aliphatic imine (C=N–C) groups is 1. The number of carbonyl (C=O) groups excluding carboxylic acids is 1. The van der Waals surface area contributed by atoms with Crippen molar-refractivity contribution in [1.29, 1.82) is 0 Å². The van der Waals surface area contributed by atoms with Gasteiger partial charge in [0.1, 0.15) is 0 Å². The molecule has 0 aliphatic carbocycles. The molecular formula is C23H16ClNO4S. The number of cyclic esters (lactones) is 1. The Bertz CT molecular complexity index is 1280. The van der Waals surface area contributed by atoms with Crippen molar-refractivity contribution in [3.63, 3.8) is 0 Å². The zero-order chi connectivity index (χ0) is 21.3. The molecule has 30 heavy (non-hydrogen) atoms. The van der Waals surface area contributed by atoms with Crippen LogP contribution in [0.2, 0.25) is 5.02 Å². The maximum Gasteiger partial charge on any atom is 0.364 e. The highest BCUT2D eigenvalue weighted by atomic mass is 35.5. The first-order valence-corrected chi connectivity index (χ1v) is 11.3. The Morgan fingerprint density at radius 3 is 2.00 bits per heavy atom. The Balaban J connectivity index is 1.90. The minimum absolute atomic E-state index is 0.142. The number of rotatable bonds is 4. The average molecular weight is 438 g/mol. The number of carbonyl (C=O) groups is 1. The van der Waals surface area contributed by atoms with Crippen LogP contribution in [0.4, 0.5) is 0 Å². The van der Waals surface area contributed by atoms with Crippen molar-refractivity contribution in [3.05, 3.63) is 106 Å². The van der Waals surface area contributed by atoms with Crippen LogP contribution in [0.5, 0.6) is 0 Å². The van der Waals surface area contributed by atoms with E-state index in [1.165, 1.54) is 12.1 Å². The molecule has 0 radical (unpaired) electrons. The summed E-state index contributed by atoms with van der Waals surface area (Å²) in [6.07, 6.45) is 1.14. The summed E-state index contributed by atoms with van der Waals surface area (Å²) >= 11 is 6.02. The molecule has 1 aliphatic rings. The van der Waals surface area contributed by atoms with Crippen LogP contribution in [0.15, 0.2) is 94.4 Å². The van der Waals surface area contributed by atoms with E-state index in [0.29, 0.717) is 27.3 Å². The summed E-state index contributed by atoms with van der Waals surface area (Å²) in [6, 6.07) is 22.4.